The van der Waals surface area contributed by atoms with Gasteiger partial charge in [-0.05, 0) is 37.8 Å². The molecule has 17 heavy (non-hydrogen) atoms. The van der Waals surface area contributed by atoms with Crippen LogP contribution in [0.2, 0.25) is 0 Å². The molecule has 0 radical (unpaired) electrons. The highest BCUT2D eigenvalue weighted by molar-refractivity contribution is 5.40. The normalized spacial score (nSPS) is 16.8. The lowest BCUT2D eigenvalue weighted by Gasteiger charge is -2.12. The minimum absolute atomic E-state index is 0.0260. The number of rotatable bonds is 5. The van der Waals surface area contributed by atoms with Crippen molar-refractivity contribution in [3.63, 3.8) is 0 Å². The van der Waals surface area contributed by atoms with Gasteiger partial charge in [0, 0.05) is 24.2 Å². The van der Waals surface area contributed by atoms with Crippen LogP contribution in [0.5, 0.6) is 0 Å². The van der Waals surface area contributed by atoms with E-state index in [4.69, 9.17) is 0 Å². The van der Waals surface area contributed by atoms with Gasteiger partial charge in [-0.15, -0.1) is 0 Å². The first kappa shape index (κ1) is 12.0. The fraction of sp³-hybridized carbons (Fsp3) is 0.500. The van der Waals surface area contributed by atoms with Gasteiger partial charge in [-0.1, -0.05) is 0 Å². The zero-order valence-corrected chi connectivity index (χ0v) is 9.65. The summed E-state index contributed by atoms with van der Waals surface area (Å²) in [6.45, 7) is 2.40. The third kappa shape index (κ3) is 3.00. The van der Waals surface area contributed by atoms with Crippen LogP contribution >= 0.6 is 0 Å². The summed E-state index contributed by atoms with van der Waals surface area (Å²) in [4.78, 5) is 10.3. The summed E-state index contributed by atoms with van der Waals surface area (Å²) in [5.41, 5.74) is 0.379. The number of nitrogens with zero attached hydrogens (tertiary/aromatic N) is 1. The van der Waals surface area contributed by atoms with Crippen molar-refractivity contribution in [2.45, 2.75) is 32.4 Å². The lowest BCUT2D eigenvalue weighted by Crippen LogP contribution is -2.27. The third-order valence-electron chi connectivity index (χ3n) is 3.18. The van der Waals surface area contributed by atoms with Crippen molar-refractivity contribution < 1.29 is 9.31 Å². The largest absolute Gasteiger partial charge is 0.310 e. The van der Waals surface area contributed by atoms with Gasteiger partial charge in [-0.25, -0.2) is 4.39 Å². The second-order valence-electron chi connectivity index (χ2n) is 4.54. The molecule has 1 aliphatic rings. The van der Waals surface area contributed by atoms with Crippen LogP contribution in [-0.4, -0.2) is 11.0 Å². The number of nitro benzene ring substituents is 1. The van der Waals surface area contributed by atoms with Gasteiger partial charge in [-0.3, -0.25) is 10.1 Å². The molecule has 0 spiro atoms. The Labute approximate surface area is 99.0 Å². The summed E-state index contributed by atoms with van der Waals surface area (Å²) in [7, 11) is 0. The quantitative estimate of drug-likeness (QED) is 0.633. The molecule has 5 heteroatoms. The maximum atomic E-state index is 13.1. The Morgan fingerprint density at radius 1 is 1.59 bits per heavy atom. The van der Waals surface area contributed by atoms with Crippen molar-refractivity contribution in [2.24, 2.45) is 5.92 Å². The minimum Gasteiger partial charge on any atom is -0.310 e. The van der Waals surface area contributed by atoms with E-state index in [1.807, 2.05) is 0 Å². The molecule has 0 bridgehead atoms. The van der Waals surface area contributed by atoms with Gasteiger partial charge in [0.25, 0.3) is 5.69 Å². The average molecular weight is 238 g/mol. The summed E-state index contributed by atoms with van der Waals surface area (Å²) in [5, 5.41) is 14.0. The Hall–Kier alpha value is -1.49. The van der Waals surface area contributed by atoms with Crippen LogP contribution in [0.4, 0.5) is 10.1 Å². The second kappa shape index (κ2) is 4.79. The Bertz CT molecular complexity index is 433. The van der Waals surface area contributed by atoms with Crippen LogP contribution in [0.3, 0.4) is 0 Å². The maximum absolute atomic E-state index is 13.1. The highest BCUT2D eigenvalue weighted by atomic mass is 19.1. The first-order chi connectivity index (χ1) is 8.08. The smallest absolute Gasteiger partial charge is 0.274 e. The molecule has 1 aromatic rings. The van der Waals surface area contributed by atoms with Gasteiger partial charge in [0.2, 0.25) is 0 Å². The molecule has 1 aromatic carbocycles. The van der Waals surface area contributed by atoms with E-state index in [0.717, 1.165) is 6.07 Å². The molecule has 1 atom stereocenters. The van der Waals surface area contributed by atoms with E-state index in [-0.39, 0.29) is 5.69 Å². The molecular weight excluding hydrogens is 223 g/mol. The summed E-state index contributed by atoms with van der Waals surface area (Å²) < 4.78 is 13.1. The molecule has 0 amide bonds. The molecular formula is C12H15FN2O2. The zero-order chi connectivity index (χ0) is 12.4. The van der Waals surface area contributed by atoms with Crippen molar-refractivity contribution in [3.05, 3.63) is 39.7 Å². The van der Waals surface area contributed by atoms with Crippen LogP contribution < -0.4 is 5.32 Å². The first-order valence-corrected chi connectivity index (χ1v) is 5.74. The molecule has 0 saturated heterocycles. The van der Waals surface area contributed by atoms with Crippen molar-refractivity contribution in [3.8, 4) is 0 Å². The van der Waals surface area contributed by atoms with Crippen LogP contribution in [0.25, 0.3) is 0 Å². The molecule has 1 N–H and O–H groups in total. The van der Waals surface area contributed by atoms with Crippen molar-refractivity contribution in [2.75, 3.05) is 0 Å². The number of hydrogen-bond acceptors (Lipinski definition) is 3. The molecule has 1 unspecified atom stereocenters. The van der Waals surface area contributed by atoms with Crippen LogP contribution in [0.1, 0.15) is 25.3 Å². The lowest BCUT2D eigenvalue weighted by molar-refractivity contribution is -0.385. The highest BCUT2D eigenvalue weighted by Gasteiger charge is 2.27. The van der Waals surface area contributed by atoms with Crippen molar-refractivity contribution >= 4 is 5.69 Å². The Kier molecular flexibility index (Phi) is 3.38. The van der Waals surface area contributed by atoms with E-state index in [9.17, 15) is 14.5 Å². The van der Waals surface area contributed by atoms with Crippen molar-refractivity contribution in [1.82, 2.24) is 5.32 Å². The van der Waals surface area contributed by atoms with Gasteiger partial charge in [0.15, 0.2) is 0 Å². The third-order valence-corrected chi connectivity index (χ3v) is 3.18. The highest BCUT2D eigenvalue weighted by Crippen LogP contribution is 2.32. The Morgan fingerprint density at radius 3 is 2.88 bits per heavy atom. The van der Waals surface area contributed by atoms with Gasteiger partial charge in [0.1, 0.15) is 5.82 Å². The first-order valence-electron chi connectivity index (χ1n) is 5.74. The second-order valence-corrected chi connectivity index (χ2v) is 4.54. The number of halogens is 1. The zero-order valence-electron chi connectivity index (χ0n) is 9.65. The van der Waals surface area contributed by atoms with E-state index in [1.165, 1.54) is 25.0 Å². The average Bonchev–Trinajstić information content (AvgIpc) is 3.09. The van der Waals surface area contributed by atoms with E-state index in [1.54, 1.807) is 0 Å². The number of nitrogens with one attached hydrogen (secondary N) is 1. The van der Waals surface area contributed by atoms with Crippen LogP contribution in [0.15, 0.2) is 18.2 Å². The Morgan fingerprint density at radius 2 is 2.29 bits per heavy atom. The van der Waals surface area contributed by atoms with E-state index in [2.05, 4.69) is 12.2 Å². The molecule has 2 rings (SSSR count). The fourth-order valence-corrected chi connectivity index (χ4v) is 1.91. The van der Waals surface area contributed by atoms with Gasteiger partial charge in [-0.2, -0.15) is 0 Å². The molecule has 1 fully saturated rings. The molecule has 0 aliphatic heterocycles. The summed E-state index contributed by atoms with van der Waals surface area (Å²) in [6, 6.07) is 3.89. The minimum atomic E-state index is -0.474. The standard InChI is InChI=1S/C12H15FN2O2/c1-8(9-2-3-9)14-7-10-6-11(13)4-5-12(10)15(16)17/h4-6,8-9,14H,2-3,7H2,1H3. The SMILES string of the molecule is CC(NCc1cc(F)ccc1[N+](=O)[O-])C1CC1. The molecule has 0 heterocycles. The molecule has 92 valence electrons. The Balaban J connectivity index is 2.07. The predicted molar refractivity (Wildman–Crippen MR) is 62.1 cm³/mol. The summed E-state index contributed by atoms with van der Waals surface area (Å²) in [5.74, 6) is 0.231. The van der Waals surface area contributed by atoms with E-state index < -0.39 is 10.7 Å². The monoisotopic (exact) mass is 238 g/mol. The van der Waals surface area contributed by atoms with Crippen molar-refractivity contribution in [1.29, 1.82) is 0 Å². The van der Waals surface area contributed by atoms with Crippen LogP contribution in [-0.2, 0) is 6.54 Å². The van der Waals surface area contributed by atoms with Gasteiger partial charge >= 0.3 is 0 Å². The van der Waals surface area contributed by atoms with Gasteiger partial charge in [0.05, 0.1) is 4.92 Å². The summed E-state index contributed by atoms with van der Waals surface area (Å²) in [6.07, 6.45) is 2.42. The molecule has 1 aliphatic carbocycles. The van der Waals surface area contributed by atoms with Gasteiger partial charge < -0.3 is 5.32 Å². The van der Waals surface area contributed by atoms with E-state index in [0.29, 0.717) is 24.1 Å². The molecule has 0 aromatic heterocycles. The molecule has 1 saturated carbocycles. The molecule has 4 nitrogen and oxygen atoms in total. The van der Waals surface area contributed by atoms with E-state index >= 15 is 0 Å². The number of nitro groups is 1. The fourth-order valence-electron chi connectivity index (χ4n) is 1.91. The predicted octanol–water partition coefficient (Wildman–Crippen LogP) is 2.62. The topological polar surface area (TPSA) is 55.2 Å². The maximum Gasteiger partial charge on any atom is 0.274 e. The lowest BCUT2D eigenvalue weighted by atomic mass is 10.1. The number of hydrogen-bond donors (Lipinski definition) is 1. The number of benzene rings is 1. The summed E-state index contributed by atoms with van der Waals surface area (Å²) >= 11 is 0. The van der Waals surface area contributed by atoms with Crippen LogP contribution in [0, 0.1) is 21.8 Å².